The molecular weight excluding hydrogens is 503 g/mol. The molecule has 9 heteroatoms. The third-order valence-corrected chi connectivity index (χ3v) is 7.68. The van der Waals surface area contributed by atoms with E-state index in [0.717, 1.165) is 58.4 Å². The van der Waals surface area contributed by atoms with Gasteiger partial charge in [-0.05, 0) is 98.4 Å². The highest BCUT2D eigenvalue weighted by Crippen LogP contribution is 2.51. The minimum absolute atomic E-state index is 0.150. The number of nitrogens with zero attached hydrogens (tertiary/aromatic N) is 3. The van der Waals surface area contributed by atoms with Crippen LogP contribution in [0, 0.1) is 31.6 Å². The number of imidazole rings is 1. The van der Waals surface area contributed by atoms with Crippen molar-refractivity contribution in [1.29, 1.82) is 0 Å². The Hall–Kier alpha value is -3.49. The van der Waals surface area contributed by atoms with E-state index in [1.165, 1.54) is 12.1 Å². The fourth-order valence-corrected chi connectivity index (χ4v) is 6.76. The molecule has 0 spiro atoms. The number of aryl methyl sites for hydroxylation is 3. The molecular formula is C30H36F3N5O. The Balaban J connectivity index is 1.62. The van der Waals surface area contributed by atoms with Crippen molar-refractivity contribution in [2.24, 2.45) is 10.8 Å². The van der Waals surface area contributed by atoms with Gasteiger partial charge < -0.3 is 14.6 Å². The third kappa shape index (κ3) is 5.63. The van der Waals surface area contributed by atoms with Gasteiger partial charge in [-0.15, -0.1) is 13.2 Å². The van der Waals surface area contributed by atoms with Crippen LogP contribution in [0.15, 0.2) is 36.4 Å². The van der Waals surface area contributed by atoms with E-state index in [1.807, 2.05) is 13.8 Å². The number of halogens is 3. The zero-order chi connectivity index (χ0) is 28.3. The zero-order valence-corrected chi connectivity index (χ0v) is 23.5. The van der Waals surface area contributed by atoms with Crippen LogP contribution in [0.5, 0.6) is 5.75 Å². The molecule has 39 heavy (non-hydrogen) atoms. The molecule has 0 atom stereocenters. The van der Waals surface area contributed by atoms with Crippen molar-refractivity contribution < 1.29 is 17.9 Å². The second-order valence-corrected chi connectivity index (χ2v) is 12.5. The maximum atomic E-state index is 12.7. The highest BCUT2D eigenvalue weighted by molar-refractivity contribution is 5.88. The Bertz CT molecular complexity index is 1480. The molecule has 2 aromatic carbocycles. The van der Waals surface area contributed by atoms with Gasteiger partial charge in [0.2, 0.25) is 5.95 Å². The largest absolute Gasteiger partial charge is 0.573 e. The van der Waals surface area contributed by atoms with Crippen LogP contribution >= 0.6 is 0 Å². The van der Waals surface area contributed by atoms with E-state index >= 15 is 0 Å². The van der Waals surface area contributed by atoms with Crippen LogP contribution in [-0.2, 0) is 0 Å². The number of anilines is 2. The predicted molar refractivity (Wildman–Crippen MR) is 148 cm³/mol. The van der Waals surface area contributed by atoms with Crippen molar-refractivity contribution in [3.8, 4) is 16.9 Å². The van der Waals surface area contributed by atoms with Gasteiger partial charge in [-0.2, -0.15) is 5.10 Å². The fraction of sp³-hybridized carbons (Fsp3) is 0.467. The van der Waals surface area contributed by atoms with Crippen molar-refractivity contribution in [2.45, 2.75) is 80.1 Å². The van der Waals surface area contributed by atoms with Crippen LogP contribution in [0.1, 0.15) is 70.0 Å². The van der Waals surface area contributed by atoms with Crippen LogP contribution in [0.4, 0.5) is 24.8 Å². The lowest BCUT2D eigenvalue weighted by molar-refractivity contribution is -0.274. The minimum Gasteiger partial charge on any atom is -0.406 e. The topological polar surface area (TPSA) is 67.8 Å². The fourth-order valence-electron chi connectivity index (χ4n) is 6.76. The predicted octanol–water partition coefficient (Wildman–Crippen LogP) is 8.77. The van der Waals surface area contributed by atoms with Crippen LogP contribution in [0.3, 0.4) is 0 Å². The van der Waals surface area contributed by atoms with Crippen LogP contribution < -0.4 is 10.1 Å². The van der Waals surface area contributed by atoms with Gasteiger partial charge in [0, 0.05) is 23.0 Å². The number of alkyl halides is 3. The summed E-state index contributed by atoms with van der Waals surface area (Å²) in [4.78, 5) is 5.04. The number of fused-ring (bicyclic) bond motifs is 1. The Kier molecular flexibility index (Phi) is 6.47. The van der Waals surface area contributed by atoms with E-state index in [9.17, 15) is 13.2 Å². The van der Waals surface area contributed by atoms with Crippen LogP contribution in [-0.4, -0.2) is 26.1 Å². The molecule has 1 fully saturated rings. The number of benzene rings is 2. The number of ether oxygens (including phenoxy) is 1. The van der Waals surface area contributed by atoms with Gasteiger partial charge in [0.15, 0.2) is 0 Å². The van der Waals surface area contributed by atoms with Gasteiger partial charge in [-0.1, -0.05) is 27.7 Å². The highest BCUT2D eigenvalue weighted by atomic mass is 19.4. The van der Waals surface area contributed by atoms with E-state index in [4.69, 9.17) is 4.98 Å². The number of nitrogens with one attached hydrogen (secondary N) is 2. The van der Waals surface area contributed by atoms with Gasteiger partial charge in [0.05, 0.1) is 16.7 Å². The average molecular weight is 540 g/mol. The molecule has 0 saturated heterocycles. The Morgan fingerprint density at radius 3 is 2.21 bits per heavy atom. The lowest BCUT2D eigenvalue weighted by Gasteiger charge is -2.45. The van der Waals surface area contributed by atoms with E-state index in [-0.39, 0.29) is 22.6 Å². The maximum Gasteiger partial charge on any atom is 0.573 e. The summed E-state index contributed by atoms with van der Waals surface area (Å²) in [6.45, 7) is 15.4. The van der Waals surface area contributed by atoms with Crippen LogP contribution in [0.25, 0.3) is 22.2 Å². The van der Waals surface area contributed by atoms with Crippen molar-refractivity contribution in [1.82, 2.24) is 19.7 Å². The lowest BCUT2D eigenvalue weighted by Crippen LogP contribution is -2.35. The van der Waals surface area contributed by atoms with E-state index in [1.54, 1.807) is 12.1 Å². The van der Waals surface area contributed by atoms with Crippen molar-refractivity contribution in [3.63, 3.8) is 0 Å². The molecule has 2 aromatic heterocycles. The number of H-pyrrole nitrogens is 1. The molecule has 1 aliphatic rings. The van der Waals surface area contributed by atoms with Crippen molar-refractivity contribution in [3.05, 3.63) is 53.3 Å². The molecule has 2 N–H and O–H groups in total. The summed E-state index contributed by atoms with van der Waals surface area (Å²) in [5, 5.41) is 10.9. The molecule has 1 saturated carbocycles. The number of aromatic amines is 1. The Labute approximate surface area is 227 Å². The third-order valence-electron chi connectivity index (χ3n) is 7.68. The standard InChI is InChI=1S/C30H36F3N5O/c1-17-12-25-24(13-23(17)26-18(2)36-37-19(26)3)35-27(34-20-8-10-22(11-9-20)39-30(31,32)33)38(25)21-14-28(4,5)16-29(6,7)15-21/h8-13,21H,14-16H2,1-7H3,(H,34,35)(H,36,37). The number of rotatable bonds is 5. The quantitative estimate of drug-likeness (QED) is 0.266. The average Bonchev–Trinajstić information content (AvgIpc) is 3.29. The summed E-state index contributed by atoms with van der Waals surface area (Å²) < 4.78 is 44.3. The second kappa shape index (κ2) is 9.31. The monoisotopic (exact) mass is 539 g/mol. The minimum atomic E-state index is -4.73. The first-order valence-electron chi connectivity index (χ1n) is 13.3. The number of hydrogen-bond donors (Lipinski definition) is 2. The number of hydrogen-bond acceptors (Lipinski definition) is 4. The SMILES string of the molecule is Cc1cc2c(cc1-c1c(C)n[nH]c1C)nc(Nc1ccc(OC(F)(F)F)cc1)n2C1CC(C)(C)CC(C)(C)C1. The summed E-state index contributed by atoms with van der Waals surface area (Å²) in [6, 6.07) is 10.3. The molecule has 1 aliphatic carbocycles. The molecule has 6 nitrogen and oxygen atoms in total. The van der Waals surface area contributed by atoms with Crippen molar-refractivity contribution >= 4 is 22.7 Å². The summed E-state index contributed by atoms with van der Waals surface area (Å²) in [6.07, 6.45) is -1.61. The molecule has 5 rings (SSSR count). The van der Waals surface area contributed by atoms with Gasteiger partial charge in [-0.3, -0.25) is 5.10 Å². The zero-order valence-electron chi connectivity index (χ0n) is 23.5. The first-order valence-corrected chi connectivity index (χ1v) is 13.3. The summed E-state index contributed by atoms with van der Waals surface area (Å²) in [5.74, 6) is 0.411. The molecule has 208 valence electrons. The normalized spacial score (nSPS) is 17.5. The van der Waals surface area contributed by atoms with Gasteiger partial charge in [-0.25, -0.2) is 4.98 Å². The van der Waals surface area contributed by atoms with Gasteiger partial charge in [0.1, 0.15) is 5.75 Å². The molecule has 0 amide bonds. The lowest BCUT2D eigenvalue weighted by atomic mass is 9.63. The van der Waals surface area contributed by atoms with Gasteiger partial charge >= 0.3 is 6.36 Å². The molecule has 0 aliphatic heterocycles. The molecule has 0 radical (unpaired) electrons. The van der Waals surface area contributed by atoms with Gasteiger partial charge in [0.25, 0.3) is 0 Å². The van der Waals surface area contributed by atoms with Crippen LogP contribution in [0.2, 0.25) is 0 Å². The summed E-state index contributed by atoms with van der Waals surface area (Å²) in [7, 11) is 0. The summed E-state index contributed by atoms with van der Waals surface area (Å²) >= 11 is 0. The van der Waals surface area contributed by atoms with E-state index in [0.29, 0.717) is 11.6 Å². The molecule has 2 heterocycles. The highest BCUT2D eigenvalue weighted by Gasteiger charge is 2.40. The first-order chi connectivity index (χ1) is 18.1. The summed E-state index contributed by atoms with van der Waals surface area (Å²) in [5.41, 5.74) is 8.06. The smallest absolute Gasteiger partial charge is 0.406 e. The Morgan fingerprint density at radius 2 is 1.64 bits per heavy atom. The molecule has 0 unspecified atom stereocenters. The second-order valence-electron chi connectivity index (χ2n) is 12.5. The van der Waals surface area contributed by atoms with Crippen molar-refractivity contribution in [2.75, 3.05) is 5.32 Å². The maximum absolute atomic E-state index is 12.7. The first kappa shape index (κ1) is 27.1. The number of aromatic nitrogens is 4. The van der Waals surface area contributed by atoms with E-state index in [2.05, 4.69) is 71.6 Å². The Morgan fingerprint density at radius 1 is 1.00 bits per heavy atom. The van der Waals surface area contributed by atoms with E-state index < -0.39 is 6.36 Å². The molecule has 4 aromatic rings. The molecule has 0 bridgehead atoms.